The lowest BCUT2D eigenvalue weighted by molar-refractivity contribution is 0.0601. The summed E-state index contributed by atoms with van der Waals surface area (Å²) in [4.78, 5) is 16.0. The average Bonchev–Trinajstić information content (AvgIpc) is 2.54. The van der Waals surface area contributed by atoms with Crippen LogP contribution in [0.15, 0.2) is 60.8 Å². The molecule has 0 atom stereocenters. The SMILES string of the molecule is COC(=O)c1ccc2cccc(-c3ccccn3)c2c1. The Balaban J connectivity index is 2.24. The number of rotatable bonds is 2. The van der Waals surface area contributed by atoms with Crippen LogP contribution in [0.25, 0.3) is 22.0 Å². The maximum absolute atomic E-state index is 11.7. The first-order chi connectivity index (χ1) is 9.79. The fourth-order valence-electron chi connectivity index (χ4n) is 2.26. The number of ether oxygens (including phenoxy) is 1. The van der Waals surface area contributed by atoms with E-state index in [1.807, 2.05) is 48.5 Å². The highest BCUT2D eigenvalue weighted by atomic mass is 16.5. The molecular formula is C17H13NO2. The highest BCUT2D eigenvalue weighted by molar-refractivity contribution is 6.01. The van der Waals surface area contributed by atoms with Gasteiger partial charge in [-0.3, -0.25) is 4.98 Å². The first-order valence-electron chi connectivity index (χ1n) is 6.32. The zero-order chi connectivity index (χ0) is 13.9. The Bertz CT molecular complexity index is 766. The van der Waals surface area contributed by atoms with Crippen LogP contribution in [0.5, 0.6) is 0 Å². The predicted molar refractivity (Wildman–Crippen MR) is 78.5 cm³/mol. The Morgan fingerprint density at radius 3 is 2.70 bits per heavy atom. The first-order valence-corrected chi connectivity index (χ1v) is 6.32. The monoisotopic (exact) mass is 263 g/mol. The van der Waals surface area contributed by atoms with Crippen molar-refractivity contribution >= 4 is 16.7 Å². The molecule has 2 aromatic carbocycles. The second kappa shape index (κ2) is 5.13. The van der Waals surface area contributed by atoms with Gasteiger partial charge in [-0.2, -0.15) is 0 Å². The number of benzene rings is 2. The van der Waals surface area contributed by atoms with Gasteiger partial charge in [0, 0.05) is 11.8 Å². The molecule has 20 heavy (non-hydrogen) atoms. The van der Waals surface area contributed by atoms with Gasteiger partial charge in [-0.1, -0.05) is 30.3 Å². The quantitative estimate of drug-likeness (QED) is 0.662. The minimum atomic E-state index is -0.331. The molecule has 3 rings (SSSR count). The molecule has 0 unspecified atom stereocenters. The lowest BCUT2D eigenvalue weighted by atomic mass is 9.99. The van der Waals surface area contributed by atoms with Gasteiger partial charge in [0.1, 0.15) is 0 Å². The summed E-state index contributed by atoms with van der Waals surface area (Å²) in [6, 6.07) is 17.4. The van der Waals surface area contributed by atoms with Crippen molar-refractivity contribution in [2.75, 3.05) is 7.11 Å². The maximum atomic E-state index is 11.7. The van der Waals surface area contributed by atoms with E-state index in [1.165, 1.54) is 7.11 Å². The first kappa shape index (κ1) is 12.4. The molecule has 3 nitrogen and oxygen atoms in total. The number of carbonyl (C=O) groups is 1. The van der Waals surface area contributed by atoms with Crippen LogP contribution < -0.4 is 0 Å². The number of fused-ring (bicyclic) bond motifs is 1. The third-order valence-corrected chi connectivity index (χ3v) is 3.24. The molecule has 0 amide bonds. The van der Waals surface area contributed by atoms with Crippen LogP contribution in [0.3, 0.4) is 0 Å². The highest BCUT2D eigenvalue weighted by Gasteiger charge is 2.09. The van der Waals surface area contributed by atoms with Crippen molar-refractivity contribution in [3.63, 3.8) is 0 Å². The summed E-state index contributed by atoms with van der Waals surface area (Å²) in [5, 5.41) is 2.06. The van der Waals surface area contributed by atoms with E-state index in [-0.39, 0.29) is 5.97 Å². The summed E-state index contributed by atoms with van der Waals surface area (Å²) in [6.07, 6.45) is 1.76. The van der Waals surface area contributed by atoms with E-state index in [1.54, 1.807) is 12.3 Å². The molecule has 0 bridgehead atoms. The summed E-state index contributed by atoms with van der Waals surface area (Å²) < 4.78 is 4.78. The number of esters is 1. The number of nitrogens with zero attached hydrogens (tertiary/aromatic N) is 1. The van der Waals surface area contributed by atoms with Crippen LogP contribution >= 0.6 is 0 Å². The smallest absolute Gasteiger partial charge is 0.337 e. The molecule has 0 N–H and O–H groups in total. The summed E-state index contributed by atoms with van der Waals surface area (Å²) in [5.74, 6) is -0.331. The second-order valence-corrected chi connectivity index (χ2v) is 4.45. The maximum Gasteiger partial charge on any atom is 0.337 e. The molecule has 0 spiro atoms. The van der Waals surface area contributed by atoms with E-state index >= 15 is 0 Å². The third kappa shape index (κ3) is 2.14. The zero-order valence-electron chi connectivity index (χ0n) is 11.0. The number of hydrogen-bond acceptors (Lipinski definition) is 3. The van der Waals surface area contributed by atoms with Crippen molar-refractivity contribution in [1.29, 1.82) is 0 Å². The minimum Gasteiger partial charge on any atom is -0.465 e. The van der Waals surface area contributed by atoms with Crippen molar-refractivity contribution in [2.24, 2.45) is 0 Å². The van der Waals surface area contributed by atoms with Gasteiger partial charge < -0.3 is 4.74 Å². The van der Waals surface area contributed by atoms with Crippen molar-refractivity contribution in [1.82, 2.24) is 4.98 Å². The molecule has 1 heterocycles. The van der Waals surface area contributed by atoms with Crippen LogP contribution in [-0.2, 0) is 4.74 Å². The molecule has 0 saturated carbocycles. The molecule has 1 aromatic heterocycles. The molecule has 0 aliphatic rings. The van der Waals surface area contributed by atoms with Gasteiger partial charge in [0.25, 0.3) is 0 Å². The van der Waals surface area contributed by atoms with Crippen molar-refractivity contribution < 1.29 is 9.53 Å². The van der Waals surface area contributed by atoms with Gasteiger partial charge in [-0.05, 0) is 35.0 Å². The fourth-order valence-corrected chi connectivity index (χ4v) is 2.26. The topological polar surface area (TPSA) is 39.2 Å². The van der Waals surface area contributed by atoms with Crippen molar-refractivity contribution in [3.05, 3.63) is 66.4 Å². The molecular weight excluding hydrogens is 250 g/mol. The Morgan fingerprint density at radius 2 is 1.95 bits per heavy atom. The van der Waals surface area contributed by atoms with Crippen LogP contribution in [0.1, 0.15) is 10.4 Å². The van der Waals surface area contributed by atoms with Gasteiger partial charge in [0.2, 0.25) is 0 Å². The number of methoxy groups -OCH3 is 1. The normalized spacial score (nSPS) is 10.4. The van der Waals surface area contributed by atoms with Crippen LogP contribution in [0.4, 0.5) is 0 Å². The minimum absolute atomic E-state index is 0.331. The predicted octanol–water partition coefficient (Wildman–Crippen LogP) is 3.69. The van der Waals surface area contributed by atoms with Crippen LogP contribution in [0, 0.1) is 0 Å². The Labute approximate surface area is 116 Å². The van der Waals surface area contributed by atoms with Gasteiger partial charge in [-0.15, -0.1) is 0 Å². The zero-order valence-corrected chi connectivity index (χ0v) is 11.0. The molecule has 3 aromatic rings. The summed E-state index contributed by atoms with van der Waals surface area (Å²) in [5.41, 5.74) is 2.44. The fraction of sp³-hybridized carbons (Fsp3) is 0.0588. The van der Waals surface area contributed by atoms with E-state index in [4.69, 9.17) is 4.74 Å². The Hall–Kier alpha value is -2.68. The lowest BCUT2D eigenvalue weighted by Gasteiger charge is -2.07. The number of hydrogen-bond donors (Lipinski definition) is 0. The van der Waals surface area contributed by atoms with Crippen molar-refractivity contribution in [3.8, 4) is 11.3 Å². The molecule has 0 fully saturated rings. The van der Waals surface area contributed by atoms with Gasteiger partial charge in [0.05, 0.1) is 18.4 Å². The van der Waals surface area contributed by atoms with Gasteiger partial charge >= 0.3 is 5.97 Å². The largest absolute Gasteiger partial charge is 0.465 e. The Morgan fingerprint density at radius 1 is 1.05 bits per heavy atom. The average molecular weight is 263 g/mol. The summed E-state index contributed by atoms with van der Waals surface area (Å²) >= 11 is 0. The Kier molecular flexibility index (Phi) is 3.17. The number of aromatic nitrogens is 1. The molecule has 0 radical (unpaired) electrons. The molecule has 98 valence electrons. The van der Waals surface area contributed by atoms with Crippen molar-refractivity contribution in [2.45, 2.75) is 0 Å². The van der Waals surface area contributed by atoms with Gasteiger partial charge in [0.15, 0.2) is 0 Å². The number of carbonyl (C=O) groups excluding carboxylic acids is 1. The molecule has 3 heteroatoms. The van der Waals surface area contributed by atoms with E-state index in [0.29, 0.717) is 5.56 Å². The van der Waals surface area contributed by atoms with E-state index in [0.717, 1.165) is 22.0 Å². The highest BCUT2D eigenvalue weighted by Crippen LogP contribution is 2.28. The molecule has 0 aliphatic carbocycles. The van der Waals surface area contributed by atoms with E-state index < -0.39 is 0 Å². The van der Waals surface area contributed by atoms with E-state index in [9.17, 15) is 4.79 Å². The van der Waals surface area contributed by atoms with Crippen LogP contribution in [0.2, 0.25) is 0 Å². The van der Waals surface area contributed by atoms with E-state index in [2.05, 4.69) is 4.98 Å². The second-order valence-electron chi connectivity index (χ2n) is 4.45. The van der Waals surface area contributed by atoms with Crippen LogP contribution in [-0.4, -0.2) is 18.1 Å². The molecule has 0 saturated heterocycles. The summed E-state index contributed by atoms with van der Waals surface area (Å²) in [6.45, 7) is 0. The molecule has 0 aliphatic heterocycles. The third-order valence-electron chi connectivity index (χ3n) is 3.24. The summed E-state index contributed by atoms with van der Waals surface area (Å²) in [7, 11) is 1.39. The van der Waals surface area contributed by atoms with Gasteiger partial charge in [-0.25, -0.2) is 4.79 Å². The number of pyridine rings is 1. The standard InChI is InChI=1S/C17H13NO2/c1-20-17(19)13-9-8-12-5-4-6-14(15(12)11-13)16-7-2-3-10-18-16/h2-11H,1H3. The lowest BCUT2D eigenvalue weighted by Crippen LogP contribution is -2.00.